The molecule has 5 nitrogen and oxygen atoms in total. The number of halogens is 1. The Morgan fingerprint density at radius 3 is 2.58 bits per heavy atom. The van der Waals surface area contributed by atoms with Crippen LogP contribution in [0.2, 0.25) is 0 Å². The van der Waals surface area contributed by atoms with Crippen molar-refractivity contribution < 1.29 is 4.39 Å². The van der Waals surface area contributed by atoms with Gasteiger partial charge >= 0.3 is 0 Å². The van der Waals surface area contributed by atoms with Gasteiger partial charge in [-0.25, -0.2) is 4.39 Å². The molecule has 0 bridgehead atoms. The number of nitrogens with zero attached hydrogens (tertiary/aromatic N) is 3. The number of nitrogen functional groups attached to an aromatic ring is 1. The Balaban J connectivity index is 1.70. The van der Waals surface area contributed by atoms with E-state index in [0.717, 1.165) is 12.8 Å². The summed E-state index contributed by atoms with van der Waals surface area (Å²) in [6.07, 6.45) is 4.39. The number of benzene rings is 1. The van der Waals surface area contributed by atoms with Crippen LogP contribution < -0.4 is 11.1 Å². The van der Waals surface area contributed by atoms with Gasteiger partial charge in [0.1, 0.15) is 0 Å². The summed E-state index contributed by atoms with van der Waals surface area (Å²) in [5.74, 6) is 1.13. The van der Waals surface area contributed by atoms with E-state index in [4.69, 9.17) is 5.73 Å². The van der Waals surface area contributed by atoms with Gasteiger partial charge in [0.05, 0.1) is 0 Å². The molecular weight excluding hydrogens is 305 g/mol. The zero-order valence-electron chi connectivity index (χ0n) is 14.0. The Kier molecular flexibility index (Phi) is 5.23. The van der Waals surface area contributed by atoms with E-state index in [0.29, 0.717) is 11.9 Å². The first kappa shape index (κ1) is 16.6. The monoisotopic (exact) mass is 329 g/mol. The van der Waals surface area contributed by atoms with Crippen molar-refractivity contribution in [3.05, 3.63) is 41.7 Å². The van der Waals surface area contributed by atoms with Crippen LogP contribution in [0.3, 0.4) is 0 Å². The third-order valence-electron chi connectivity index (χ3n) is 4.65. The van der Waals surface area contributed by atoms with Crippen LogP contribution in [0.4, 0.5) is 16.3 Å². The molecule has 0 saturated heterocycles. The van der Waals surface area contributed by atoms with Crippen molar-refractivity contribution in [3.8, 4) is 0 Å². The molecule has 0 radical (unpaired) electrons. The van der Waals surface area contributed by atoms with E-state index in [1.807, 2.05) is 6.07 Å². The summed E-state index contributed by atoms with van der Waals surface area (Å²) in [7, 11) is 0. The second kappa shape index (κ2) is 7.55. The van der Waals surface area contributed by atoms with E-state index in [1.165, 1.54) is 31.7 Å². The third-order valence-corrected chi connectivity index (χ3v) is 4.65. The van der Waals surface area contributed by atoms with Crippen LogP contribution in [0.25, 0.3) is 0 Å². The average molecular weight is 329 g/mol. The summed E-state index contributed by atoms with van der Waals surface area (Å²) in [5.41, 5.74) is 7.01. The van der Waals surface area contributed by atoms with Gasteiger partial charge in [0.2, 0.25) is 11.9 Å². The van der Waals surface area contributed by atoms with Crippen LogP contribution in [0.1, 0.15) is 50.2 Å². The highest BCUT2D eigenvalue weighted by atomic mass is 19.1. The van der Waals surface area contributed by atoms with Gasteiger partial charge in [-0.3, -0.25) is 0 Å². The highest BCUT2D eigenvalue weighted by molar-refractivity contribution is 5.33. The minimum atomic E-state index is -1.26. The summed E-state index contributed by atoms with van der Waals surface area (Å²) in [6.45, 7) is 1.40. The molecule has 0 aliphatic heterocycles. The number of aromatic nitrogens is 3. The molecule has 1 heterocycles. The molecule has 1 aliphatic rings. The highest BCUT2D eigenvalue weighted by Crippen LogP contribution is 2.33. The molecule has 24 heavy (non-hydrogen) atoms. The van der Waals surface area contributed by atoms with Crippen molar-refractivity contribution >= 4 is 11.9 Å². The van der Waals surface area contributed by atoms with E-state index in [1.54, 1.807) is 0 Å². The topological polar surface area (TPSA) is 76.7 Å². The highest BCUT2D eigenvalue weighted by Gasteiger charge is 2.28. The number of hydrogen-bond donors (Lipinski definition) is 2. The summed E-state index contributed by atoms with van der Waals surface area (Å²) < 4.78 is 13.5. The average Bonchev–Trinajstić information content (AvgIpc) is 2.51. The first-order valence-electron chi connectivity index (χ1n) is 8.58. The molecule has 2 aromatic rings. The normalized spacial score (nSPS) is 17.1. The van der Waals surface area contributed by atoms with Gasteiger partial charge in [0, 0.05) is 6.04 Å². The summed E-state index contributed by atoms with van der Waals surface area (Å²) in [6, 6.07) is 10.7. The Bertz CT molecular complexity index is 658. The van der Waals surface area contributed by atoms with E-state index in [-0.39, 0.29) is 17.8 Å². The molecule has 1 fully saturated rings. The Hall–Kier alpha value is -2.24. The van der Waals surface area contributed by atoms with E-state index < -0.39 is 6.17 Å². The lowest BCUT2D eigenvalue weighted by atomic mass is 9.78. The second-order valence-electron chi connectivity index (χ2n) is 6.46. The maximum atomic E-state index is 13.5. The fourth-order valence-corrected chi connectivity index (χ4v) is 3.05. The molecule has 1 unspecified atom stereocenters. The molecule has 0 spiro atoms. The number of nitrogens with two attached hydrogens (primary N) is 1. The maximum absolute atomic E-state index is 13.5. The van der Waals surface area contributed by atoms with Gasteiger partial charge in [0.25, 0.3) is 0 Å². The minimum absolute atomic E-state index is 0.0578. The largest absolute Gasteiger partial charge is 0.368 e. The summed E-state index contributed by atoms with van der Waals surface area (Å²) in [5, 5.41) is 3.38. The van der Waals surface area contributed by atoms with Gasteiger partial charge in [-0.15, -0.1) is 0 Å². The zero-order chi connectivity index (χ0) is 16.9. The van der Waals surface area contributed by atoms with Crippen molar-refractivity contribution in [2.45, 2.75) is 51.2 Å². The molecule has 3 rings (SSSR count). The van der Waals surface area contributed by atoms with Gasteiger partial charge in [0.15, 0.2) is 12.0 Å². The van der Waals surface area contributed by atoms with Gasteiger partial charge in [-0.1, -0.05) is 36.8 Å². The fraction of sp³-hybridized carbons (Fsp3) is 0.500. The standard InChI is InChI=1S/C18H24FN5/c1-12(19)16-22-17(20)24-18(23-16)21-15(14-8-5-9-14)11-10-13-6-3-2-4-7-13/h2-4,6-7,12,14-15H,5,8-11H2,1H3,(H3,20,21,22,23,24)/t12-,15?/m0/s1. The van der Waals surface area contributed by atoms with Gasteiger partial charge in [-0.05, 0) is 44.1 Å². The van der Waals surface area contributed by atoms with Crippen LogP contribution in [0.15, 0.2) is 30.3 Å². The molecule has 1 aromatic heterocycles. The first-order valence-corrected chi connectivity index (χ1v) is 8.58. The quantitative estimate of drug-likeness (QED) is 0.810. The minimum Gasteiger partial charge on any atom is -0.368 e. The predicted molar refractivity (Wildman–Crippen MR) is 93.3 cm³/mol. The first-order chi connectivity index (χ1) is 11.6. The van der Waals surface area contributed by atoms with Gasteiger partial charge in [-0.2, -0.15) is 15.0 Å². The second-order valence-corrected chi connectivity index (χ2v) is 6.46. The molecule has 128 valence electrons. The predicted octanol–water partition coefficient (Wildman–Crippen LogP) is 3.70. The third kappa shape index (κ3) is 4.19. The lowest BCUT2D eigenvalue weighted by Crippen LogP contribution is -2.35. The van der Waals surface area contributed by atoms with Crippen molar-refractivity contribution in [3.63, 3.8) is 0 Å². The molecule has 3 N–H and O–H groups in total. The zero-order valence-corrected chi connectivity index (χ0v) is 14.0. The molecule has 1 saturated carbocycles. The Morgan fingerprint density at radius 2 is 1.96 bits per heavy atom. The lowest BCUT2D eigenvalue weighted by Gasteiger charge is -2.34. The fourth-order valence-electron chi connectivity index (χ4n) is 3.05. The van der Waals surface area contributed by atoms with Crippen molar-refractivity contribution in [1.29, 1.82) is 0 Å². The van der Waals surface area contributed by atoms with Crippen molar-refractivity contribution in [1.82, 2.24) is 15.0 Å². The number of anilines is 2. The lowest BCUT2D eigenvalue weighted by molar-refractivity contribution is 0.265. The van der Waals surface area contributed by atoms with Crippen LogP contribution in [-0.2, 0) is 6.42 Å². The van der Waals surface area contributed by atoms with Crippen molar-refractivity contribution in [2.75, 3.05) is 11.1 Å². The van der Waals surface area contributed by atoms with E-state index >= 15 is 0 Å². The van der Waals surface area contributed by atoms with Crippen LogP contribution in [0, 0.1) is 5.92 Å². The smallest absolute Gasteiger partial charge is 0.228 e. The molecule has 0 amide bonds. The number of aryl methyl sites for hydroxylation is 1. The van der Waals surface area contributed by atoms with Crippen LogP contribution in [-0.4, -0.2) is 21.0 Å². The number of hydrogen-bond acceptors (Lipinski definition) is 5. The molecular formula is C18H24FN5. The summed E-state index contributed by atoms with van der Waals surface area (Å²) in [4.78, 5) is 12.2. The molecule has 1 aliphatic carbocycles. The Labute approximate surface area is 141 Å². The number of rotatable bonds is 7. The van der Waals surface area contributed by atoms with Gasteiger partial charge < -0.3 is 11.1 Å². The summed E-state index contributed by atoms with van der Waals surface area (Å²) >= 11 is 0. The molecule has 6 heteroatoms. The SMILES string of the molecule is C[C@H](F)c1nc(N)nc(NC(CCc2ccccc2)C2CCC2)n1. The Morgan fingerprint density at radius 1 is 1.21 bits per heavy atom. The van der Waals surface area contributed by atoms with E-state index in [2.05, 4.69) is 44.5 Å². The van der Waals surface area contributed by atoms with E-state index in [9.17, 15) is 4.39 Å². The van der Waals surface area contributed by atoms with Crippen molar-refractivity contribution in [2.24, 2.45) is 5.92 Å². The molecule has 1 aromatic carbocycles. The molecule has 2 atom stereocenters. The van der Waals surface area contributed by atoms with Crippen LogP contribution in [0.5, 0.6) is 0 Å². The number of alkyl halides is 1. The maximum Gasteiger partial charge on any atom is 0.228 e. The number of nitrogens with one attached hydrogen (secondary N) is 1. The van der Waals surface area contributed by atoms with Crippen LogP contribution >= 0.6 is 0 Å².